The minimum Gasteiger partial charge on any atom is -0.409 e. The Kier molecular flexibility index (Phi) is 4.79. The van der Waals surface area contributed by atoms with Crippen LogP contribution in [0.5, 0.6) is 0 Å². The first-order chi connectivity index (χ1) is 9.60. The van der Waals surface area contributed by atoms with E-state index in [2.05, 4.69) is 15.0 Å². The summed E-state index contributed by atoms with van der Waals surface area (Å²) >= 11 is 0. The molecule has 0 spiro atoms. The van der Waals surface area contributed by atoms with Gasteiger partial charge < -0.3 is 20.6 Å². The molecule has 1 atom stereocenters. The number of aromatic nitrogens is 1. The number of rotatable bonds is 4. The van der Waals surface area contributed by atoms with Crippen LogP contribution in [0.2, 0.25) is 0 Å². The van der Waals surface area contributed by atoms with Gasteiger partial charge in [0.1, 0.15) is 5.82 Å². The largest absolute Gasteiger partial charge is 0.409 e. The Hall–Kier alpha value is -1.82. The molecule has 0 amide bonds. The Morgan fingerprint density at radius 1 is 1.55 bits per heavy atom. The summed E-state index contributed by atoms with van der Waals surface area (Å²) in [5.41, 5.74) is 7.15. The topological polar surface area (TPSA) is 84.0 Å². The zero-order valence-corrected chi connectivity index (χ0v) is 12.0. The zero-order chi connectivity index (χ0) is 14.5. The zero-order valence-electron chi connectivity index (χ0n) is 12.0. The quantitative estimate of drug-likeness (QED) is 0.377. The Labute approximate surface area is 119 Å². The smallest absolute Gasteiger partial charge is 0.170 e. The van der Waals surface area contributed by atoms with Gasteiger partial charge in [-0.05, 0) is 38.3 Å². The van der Waals surface area contributed by atoms with Crippen molar-refractivity contribution in [3.05, 3.63) is 23.4 Å². The number of ether oxygens (including phenoxy) is 1. The van der Waals surface area contributed by atoms with Gasteiger partial charge in [-0.2, -0.15) is 0 Å². The average Bonchev–Trinajstić information content (AvgIpc) is 2.46. The highest BCUT2D eigenvalue weighted by Crippen LogP contribution is 2.18. The van der Waals surface area contributed by atoms with Crippen LogP contribution in [0.3, 0.4) is 0 Å². The fraction of sp³-hybridized carbons (Fsp3) is 0.571. The van der Waals surface area contributed by atoms with Crippen molar-refractivity contribution in [2.45, 2.75) is 32.3 Å². The van der Waals surface area contributed by atoms with Gasteiger partial charge in [0.2, 0.25) is 0 Å². The molecule has 1 aromatic rings. The SMILES string of the molecule is Cc1cc(/C(N)=N/O)cc(N(C)CC2CCCCO2)n1. The van der Waals surface area contributed by atoms with E-state index in [1.165, 1.54) is 6.42 Å². The van der Waals surface area contributed by atoms with Gasteiger partial charge in [-0.25, -0.2) is 4.98 Å². The van der Waals surface area contributed by atoms with E-state index < -0.39 is 0 Å². The van der Waals surface area contributed by atoms with Gasteiger partial charge in [0.05, 0.1) is 6.10 Å². The first-order valence-corrected chi connectivity index (χ1v) is 6.89. The highest BCUT2D eigenvalue weighted by molar-refractivity contribution is 5.97. The number of pyridine rings is 1. The summed E-state index contributed by atoms with van der Waals surface area (Å²) in [7, 11) is 1.98. The lowest BCUT2D eigenvalue weighted by Gasteiger charge is -2.28. The fourth-order valence-electron chi connectivity index (χ4n) is 2.40. The molecule has 0 radical (unpaired) electrons. The van der Waals surface area contributed by atoms with Crippen molar-refractivity contribution < 1.29 is 9.94 Å². The van der Waals surface area contributed by atoms with E-state index in [1.54, 1.807) is 6.07 Å². The van der Waals surface area contributed by atoms with E-state index in [0.29, 0.717) is 5.56 Å². The normalized spacial score (nSPS) is 19.9. The predicted octanol–water partition coefficient (Wildman–Crippen LogP) is 1.49. The number of oxime groups is 1. The van der Waals surface area contributed by atoms with Crippen molar-refractivity contribution in [3.8, 4) is 0 Å². The molecule has 20 heavy (non-hydrogen) atoms. The summed E-state index contributed by atoms with van der Waals surface area (Å²) in [5.74, 6) is 0.903. The Balaban J connectivity index is 2.12. The van der Waals surface area contributed by atoms with Crippen LogP contribution < -0.4 is 10.6 Å². The minimum absolute atomic E-state index is 0.0964. The van der Waals surface area contributed by atoms with Gasteiger partial charge >= 0.3 is 0 Å². The first-order valence-electron chi connectivity index (χ1n) is 6.89. The lowest BCUT2D eigenvalue weighted by molar-refractivity contribution is 0.0215. The van der Waals surface area contributed by atoms with E-state index >= 15 is 0 Å². The number of likely N-dealkylation sites (N-methyl/N-ethyl adjacent to an activating group) is 1. The number of hydrogen-bond donors (Lipinski definition) is 2. The van der Waals surface area contributed by atoms with Crippen LogP contribution in [0.25, 0.3) is 0 Å². The van der Waals surface area contributed by atoms with Crippen LogP contribution in [0.1, 0.15) is 30.5 Å². The molecule has 1 aromatic heterocycles. The molecular weight excluding hydrogens is 256 g/mol. The lowest BCUT2D eigenvalue weighted by Crippen LogP contribution is -2.34. The molecule has 6 nitrogen and oxygen atoms in total. The molecule has 2 heterocycles. The maximum Gasteiger partial charge on any atom is 0.170 e. The number of anilines is 1. The van der Waals surface area contributed by atoms with E-state index in [-0.39, 0.29) is 11.9 Å². The van der Waals surface area contributed by atoms with Crippen molar-refractivity contribution in [2.24, 2.45) is 10.9 Å². The third-order valence-electron chi connectivity index (χ3n) is 3.49. The average molecular weight is 278 g/mol. The predicted molar refractivity (Wildman–Crippen MR) is 78.3 cm³/mol. The van der Waals surface area contributed by atoms with Gasteiger partial charge in [-0.15, -0.1) is 0 Å². The summed E-state index contributed by atoms with van der Waals surface area (Å²) in [6.45, 7) is 3.53. The van der Waals surface area contributed by atoms with E-state index in [4.69, 9.17) is 15.7 Å². The monoisotopic (exact) mass is 278 g/mol. The molecule has 1 aliphatic heterocycles. The molecule has 2 rings (SSSR count). The van der Waals surface area contributed by atoms with E-state index in [9.17, 15) is 0 Å². The van der Waals surface area contributed by atoms with E-state index in [1.807, 2.05) is 20.0 Å². The van der Waals surface area contributed by atoms with Crippen molar-refractivity contribution in [2.75, 3.05) is 25.1 Å². The summed E-state index contributed by atoms with van der Waals surface area (Å²) < 4.78 is 5.74. The maximum atomic E-state index is 8.78. The third kappa shape index (κ3) is 3.60. The minimum atomic E-state index is 0.0964. The first kappa shape index (κ1) is 14.6. The highest BCUT2D eigenvalue weighted by atomic mass is 16.5. The van der Waals surface area contributed by atoms with Crippen molar-refractivity contribution in [1.29, 1.82) is 0 Å². The Bertz CT molecular complexity index is 484. The number of nitrogens with zero attached hydrogens (tertiary/aromatic N) is 3. The molecule has 1 fully saturated rings. The van der Waals surface area contributed by atoms with Crippen LogP contribution in [-0.2, 0) is 4.74 Å². The standard InChI is InChI=1S/C14H22N4O2/c1-10-7-11(14(15)17-19)8-13(16-10)18(2)9-12-5-3-4-6-20-12/h7-8,12,19H,3-6,9H2,1-2H3,(H2,15,17). The molecule has 6 heteroatoms. The van der Waals surface area contributed by atoms with Crippen LogP contribution in [0.4, 0.5) is 5.82 Å². The summed E-state index contributed by atoms with van der Waals surface area (Å²) in [4.78, 5) is 6.55. The molecule has 3 N–H and O–H groups in total. The van der Waals surface area contributed by atoms with Crippen LogP contribution in [-0.4, -0.2) is 42.3 Å². The van der Waals surface area contributed by atoms with Gasteiger partial charge in [-0.1, -0.05) is 5.16 Å². The second-order valence-corrected chi connectivity index (χ2v) is 5.21. The van der Waals surface area contributed by atoms with Gasteiger partial charge in [-0.3, -0.25) is 0 Å². The molecule has 1 aliphatic rings. The molecular formula is C14H22N4O2. The molecule has 0 bridgehead atoms. The second kappa shape index (κ2) is 6.56. The molecule has 1 unspecified atom stereocenters. The lowest BCUT2D eigenvalue weighted by atomic mass is 10.1. The van der Waals surface area contributed by atoms with Gasteiger partial charge in [0, 0.05) is 31.5 Å². The van der Waals surface area contributed by atoms with Gasteiger partial charge in [0.15, 0.2) is 5.84 Å². The maximum absolute atomic E-state index is 8.78. The van der Waals surface area contributed by atoms with Crippen LogP contribution in [0, 0.1) is 6.92 Å². The van der Waals surface area contributed by atoms with Crippen LogP contribution >= 0.6 is 0 Å². The number of nitrogens with two attached hydrogens (primary N) is 1. The van der Waals surface area contributed by atoms with Crippen molar-refractivity contribution >= 4 is 11.7 Å². The number of hydrogen-bond acceptors (Lipinski definition) is 5. The van der Waals surface area contributed by atoms with Crippen molar-refractivity contribution in [3.63, 3.8) is 0 Å². The second-order valence-electron chi connectivity index (χ2n) is 5.21. The van der Waals surface area contributed by atoms with Gasteiger partial charge in [0.25, 0.3) is 0 Å². The van der Waals surface area contributed by atoms with Crippen LogP contribution in [0.15, 0.2) is 17.3 Å². The molecule has 1 saturated heterocycles. The highest BCUT2D eigenvalue weighted by Gasteiger charge is 2.17. The third-order valence-corrected chi connectivity index (χ3v) is 3.49. The Morgan fingerprint density at radius 2 is 2.35 bits per heavy atom. The number of amidine groups is 1. The van der Waals surface area contributed by atoms with Crippen molar-refractivity contribution in [1.82, 2.24) is 4.98 Å². The fourth-order valence-corrected chi connectivity index (χ4v) is 2.40. The van der Waals surface area contributed by atoms with E-state index in [0.717, 1.165) is 37.5 Å². The summed E-state index contributed by atoms with van der Waals surface area (Å²) in [5, 5.41) is 11.8. The molecule has 0 aromatic carbocycles. The number of aryl methyl sites for hydroxylation is 1. The molecule has 0 aliphatic carbocycles. The summed E-state index contributed by atoms with van der Waals surface area (Å²) in [6.07, 6.45) is 3.71. The Morgan fingerprint density at radius 3 is 3.00 bits per heavy atom. The molecule has 0 saturated carbocycles. The molecule has 110 valence electrons. The summed E-state index contributed by atoms with van der Waals surface area (Å²) in [6, 6.07) is 3.62.